The van der Waals surface area contributed by atoms with E-state index in [0.717, 1.165) is 5.56 Å². The van der Waals surface area contributed by atoms with E-state index < -0.39 is 6.04 Å². The maximum Gasteiger partial charge on any atom is 0.255 e. The van der Waals surface area contributed by atoms with Crippen LogP contribution in [0.1, 0.15) is 11.6 Å². The third-order valence-corrected chi connectivity index (χ3v) is 3.34. The zero-order valence-electron chi connectivity index (χ0n) is 10.2. The van der Waals surface area contributed by atoms with Gasteiger partial charge in [-0.3, -0.25) is 10.1 Å². The van der Waals surface area contributed by atoms with E-state index in [1.807, 2.05) is 30.3 Å². The molecule has 0 spiro atoms. The lowest BCUT2D eigenvalue weighted by Crippen LogP contribution is -2.27. The largest absolute Gasteiger partial charge is 0.300 e. The fourth-order valence-electron chi connectivity index (χ4n) is 1.81. The van der Waals surface area contributed by atoms with Crippen molar-refractivity contribution in [2.45, 2.75) is 6.04 Å². The van der Waals surface area contributed by atoms with Crippen LogP contribution in [0.4, 0.5) is 5.13 Å². The van der Waals surface area contributed by atoms with Crippen LogP contribution in [-0.2, 0) is 4.79 Å². The lowest BCUT2D eigenvalue weighted by Gasteiger charge is -2.15. The SMILES string of the molecule is O=C(Nc1nccs1)C(c1ccccc1)n1cnnn1. The minimum absolute atomic E-state index is 0.238. The van der Waals surface area contributed by atoms with Gasteiger partial charge in [0.2, 0.25) is 0 Å². The zero-order valence-corrected chi connectivity index (χ0v) is 11.1. The molecule has 3 aromatic rings. The Balaban J connectivity index is 1.92. The lowest BCUT2D eigenvalue weighted by molar-refractivity contribution is -0.118. The molecule has 1 unspecified atom stereocenters. The van der Waals surface area contributed by atoms with Crippen molar-refractivity contribution in [3.63, 3.8) is 0 Å². The molecule has 2 aromatic heterocycles. The number of benzene rings is 1. The van der Waals surface area contributed by atoms with Gasteiger partial charge in [0.05, 0.1) is 0 Å². The Labute approximate surface area is 118 Å². The summed E-state index contributed by atoms with van der Waals surface area (Å²) < 4.78 is 1.41. The van der Waals surface area contributed by atoms with Gasteiger partial charge in [-0.1, -0.05) is 30.3 Å². The van der Waals surface area contributed by atoms with Gasteiger partial charge in [0.15, 0.2) is 11.2 Å². The Morgan fingerprint density at radius 3 is 2.80 bits per heavy atom. The maximum atomic E-state index is 12.4. The van der Waals surface area contributed by atoms with Gasteiger partial charge in [0.1, 0.15) is 6.33 Å². The van der Waals surface area contributed by atoms with E-state index in [0.29, 0.717) is 5.13 Å². The summed E-state index contributed by atoms with van der Waals surface area (Å²) in [5, 5.41) is 16.1. The molecule has 20 heavy (non-hydrogen) atoms. The van der Waals surface area contributed by atoms with Gasteiger partial charge in [-0.05, 0) is 16.0 Å². The second-order valence-electron chi connectivity index (χ2n) is 3.93. The normalized spacial score (nSPS) is 12.0. The summed E-state index contributed by atoms with van der Waals surface area (Å²) in [6.07, 6.45) is 3.05. The first kappa shape index (κ1) is 12.4. The number of carbonyl (C=O) groups is 1. The average molecular weight is 286 g/mol. The fourth-order valence-corrected chi connectivity index (χ4v) is 2.34. The highest BCUT2D eigenvalue weighted by atomic mass is 32.1. The van der Waals surface area contributed by atoms with Crippen LogP contribution in [0.5, 0.6) is 0 Å². The van der Waals surface area contributed by atoms with Crippen molar-refractivity contribution >= 4 is 22.4 Å². The first-order chi connectivity index (χ1) is 9.84. The smallest absolute Gasteiger partial charge is 0.255 e. The van der Waals surface area contributed by atoms with Gasteiger partial charge in [-0.25, -0.2) is 9.67 Å². The summed E-state index contributed by atoms with van der Waals surface area (Å²) in [5.41, 5.74) is 0.800. The summed E-state index contributed by atoms with van der Waals surface area (Å²) >= 11 is 1.36. The van der Waals surface area contributed by atoms with Crippen LogP contribution in [0.25, 0.3) is 0 Å². The van der Waals surface area contributed by atoms with Crippen LogP contribution in [0.15, 0.2) is 48.2 Å². The molecule has 0 bridgehead atoms. The van der Waals surface area contributed by atoms with Crippen molar-refractivity contribution in [2.75, 3.05) is 5.32 Å². The molecule has 0 saturated heterocycles. The van der Waals surface area contributed by atoms with Gasteiger partial charge >= 0.3 is 0 Å². The molecule has 0 fully saturated rings. The molecule has 100 valence electrons. The summed E-state index contributed by atoms with van der Waals surface area (Å²) in [4.78, 5) is 16.5. The van der Waals surface area contributed by atoms with Gasteiger partial charge in [-0.2, -0.15) is 0 Å². The Kier molecular flexibility index (Phi) is 3.46. The number of nitrogens with one attached hydrogen (secondary N) is 1. The highest BCUT2D eigenvalue weighted by Gasteiger charge is 2.24. The number of tetrazole rings is 1. The first-order valence-electron chi connectivity index (χ1n) is 5.82. The molecule has 0 saturated carbocycles. The van der Waals surface area contributed by atoms with Gasteiger partial charge in [0, 0.05) is 11.6 Å². The van der Waals surface area contributed by atoms with Gasteiger partial charge < -0.3 is 0 Å². The van der Waals surface area contributed by atoms with E-state index in [-0.39, 0.29) is 5.91 Å². The summed E-state index contributed by atoms with van der Waals surface area (Å²) in [6, 6.07) is 8.70. The molecular weight excluding hydrogens is 276 g/mol. The Morgan fingerprint density at radius 2 is 2.15 bits per heavy atom. The minimum atomic E-state index is -0.630. The number of rotatable bonds is 4. The van der Waals surface area contributed by atoms with Crippen molar-refractivity contribution in [1.29, 1.82) is 0 Å². The second kappa shape index (κ2) is 5.57. The molecule has 0 radical (unpaired) electrons. The predicted octanol–water partition coefficient (Wildman–Crippen LogP) is 1.36. The Bertz CT molecular complexity index is 667. The number of thiazole rings is 1. The summed E-state index contributed by atoms with van der Waals surface area (Å²) in [6.45, 7) is 0. The van der Waals surface area contributed by atoms with E-state index in [2.05, 4.69) is 25.8 Å². The first-order valence-corrected chi connectivity index (χ1v) is 6.70. The molecule has 0 aliphatic heterocycles. The van der Waals surface area contributed by atoms with E-state index in [4.69, 9.17) is 0 Å². The van der Waals surface area contributed by atoms with Crippen molar-refractivity contribution in [2.24, 2.45) is 0 Å². The van der Waals surface area contributed by atoms with Crippen LogP contribution < -0.4 is 5.32 Å². The quantitative estimate of drug-likeness (QED) is 0.782. The van der Waals surface area contributed by atoms with E-state index in [1.165, 1.54) is 22.3 Å². The summed E-state index contributed by atoms with van der Waals surface area (Å²) in [7, 11) is 0. The van der Waals surface area contributed by atoms with Gasteiger partial charge in [-0.15, -0.1) is 16.4 Å². The third kappa shape index (κ3) is 2.54. The average Bonchev–Trinajstić information content (AvgIpc) is 3.14. The zero-order chi connectivity index (χ0) is 13.8. The molecule has 1 aromatic carbocycles. The van der Waals surface area contributed by atoms with Crippen LogP contribution in [-0.4, -0.2) is 31.1 Å². The van der Waals surface area contributed by atoms with Crippen LogP contribution in [0, 0.1) is 0 Å². The lowest BCUT2D eigenvalue weighted by atomic mass is 10.1. The molecule has 2 heterocycles. The van der Waals surface area contributed by atoms with Crippen LogP contribution in [0.3, 0.4) is 0 Å². The third-order valence-electron chi connectivity index (χ3n) is 2.66. The van der Waals surface area contributed by atoms with Crippen molar-refractivity contribution in [1.82, 2.24) is 25.2 Å². The second-order valence-corrected chi connectivity index (χ2v) is 4.82. The number of amides is 1. The maximum absolute atomic E-state index is 12.4. The van der Waals surface area contributed by atoms with E-state index in [9.17, 15) is 4.79 Å². The minimum Gasteiger partial charge on any atom is -0.300 e. The molecular formula is C12H10N6OS. The number of hydrogen-bond acceptors (Lipinski definition) is 6. The molecule has 0 aliphatic carbocycles. The molecule has 3 rings (SSSR count). The number of aromatic nitrogens is 5. The monoisotopic (exact) mass is 286 g/mol. The number of anilines is 1. The standard InChI is InChI=1S/C12H10N6OS/c19-11(15-12-13-6-7-20-12)10(18-8-14-16-17-18)9-4-2-1-3-5-9/h1-8,10H,(H,13,15,19). The van der Waals surface area contributed by atoms with E-state index in [1.54, 1.807) is 11.6 Å². The molecule has 1 atom stereocenters. The Morgan fingerprint density at radius 1 is 1.30 bits per heavy atom. The molecule has 1 N–H and O–H groups in total. The highest BCUT2D eigenvalue weighted by Crippen LogP contribution is 2.20. The molecule has 7 nitrogen and oxygen atoms in total. The topological polar surface area (TPSA) is 85.6 Å². The highest BCUT2D eigenvalue weighted by molar-refractivity contribution is 7.13. The van der Waals surface area contributed by atoms with Crippen molar-refractivity contribution in [3.8, 4) is 0 Å². The number of nitrogens with zero attached hydrogens (tertiary/aromatic N) is 5. The molecule has 8 heteroatoms. The summed E-state index contributed by atoms with van der Waals surface area (Å²) in [5.74, 6) is -0.238. The fraction of sp³-hybridized carbons (Fsp3) is 0.0833. The molecule has 1 amide bonds. The number of hydrogen-bond donors (Lipinski definition) is 1. The van der Waals surface area contributed by atoms with Crippen molar-refractivity contribution < 1.29 is 4.79 Å². The van der Waals surface area contributed by atoms with Crippen LogP contribution in [0.2, 0.25) is 0 Å². The molecule has 0 aliphatic rings. The predicted molar refractivity (Wildman–Crippen MR) is 73.1 cm³/mol. The Hall–Kier alpha value is -2.61. The van der Waals surface area contributed by atoms with Gasteiger partial charge in [0.25, 0.3) is 5.91 Å². The van der Waals surface area contributed by atoms with Crippen molar-refractivity contribution in [3.05, 3.63) is 53.8 Å². The van der Waals surface area contributed by atoms with E-state index >= 15 is 0 Å². The number of carbonyl (C=O) groups excluding carboxylic acids is 1. The van der Waals surface area contributed by atoms with Crippen LogP contribution >= 0.6 is 11.3 Å².